The van der Waals surface area contributed by atoms with E-state index in [4.69, 9.17) is 4.74 Å². The standard InChI is InChI=1S/C23H29N3O3/c1-17(2)18-4-6-19(7-5-18)24-22(27)16-23(28)26-14-12-25(13-15-26)20-8-10-21(29-3)11-9-20/h4-11,17H,12-16H2,1-3H3,(H,24,27). The fourth-order valence-corrected chi connectivity index (χ4v) is 3.41. The molecule has 1 heterocycles. The predicted octanol–water partition coefficient (Wildman–Crippen LogP) is 3.50. The van der Waals surface area contributed by atoms with Gasteiger partial charge in [-0.25, -0.2) is 0 Å². The van der Waals surface area contributed by atoms with E-state index >= 15 is 0 Å². The average Bonchev–Trinajstić information content (AvgIpc) is 2.74. The van der Waals surface area contributed by atoms with Crippen LogP contribution in [0.1, 0.15) is 31.7 Å². The Morgan fingerprint density at radius 2 is 1.59 bits per heavy atom. The molecule has 2 aromatic rings. The van der Waals surface area contributed by atoms with Gasteiger partial charge in [-0.1, -0.05) is 26.0 Å². The zero-order valence-corrected chi connectivity index (χ0v) is 17.4. The summed E-state index contributed by atoms with van der Waals surface area (Å²) in [5.74, 6) is 0.867. The molecule has 154 valence electrons. The van der Waals surface area contributed by atoms with Crippen LogP contribution in [0.25, 0.3) is 0 Å². The molecule has 0 atom stereocenters. The highest BCUT2D eigenvalue weighted by Gasteiger charge is 2.23. The highest BCUT2D eigenvalue weighted by Crippen LogP contribution is 2.21. The van der Waals surface area contributed by atoms with Crippen LogP contribution in [-0.4, -0.2) is 50.0 Å². The molecule has 3 rings (SSSR count). The molecule has 2 amide bonds. The summed E-state index contributed by atoms with van der Waals surface area (Å²) in [7, 11) is 1.65. The Morgan fingerprint density at radius 3 is 2.14 bits per heavy atom. The molecule has 2 aromatic carbocycles. The topological polar surface area (TPSA) is 61.9 Å². The zero-order chi connectivity index (χ0) is 20.8. The Hall–Kier alpha value is -3.02. The first kappa shape index (κ1) is 20.7. The molecule has 0 unspecified atom stereocenters. The third kappa shape index (κ3) is 5.50. The molecule has 6 heteroatoms. The Balaban J connectivity index is 1.46. The van der Waals surface area contributed by atoms with Gasteiger partial charge < -0.3 is 19.9 Å². The molecule has 0 aliphatic carbocycles. The van der Waals surface area contributed by atoms with Gasteiger partial charge in [0.15, 0.2) is 0 Å². The highest BCUT2D eigenvalue weighted by molar-refractivity contribution is 6.03. The number of piperazine rings is 1. The maximum Gasteiger partial charge on any atom is 0.233 e. The van der Waals surface area contributed by atoms with Crippen molar-refractivity contribution in [3.05, 3.63) is 54.1 Å². The van der Waals surface area contributed by atoms with Crippen molar-refractivity contribution in [3.63, 3.8) is 0 Å². The van der Waals surface area contributed by atoms with E-state index in [-0.39, 0.29) is 18.2 Å². The molecular formula is C23H29N3O3. The SMILES string of the molecule is COc1ccc(N2CCN(C(=O)CC(=O)Nc3ccc(C(C)C)cc3)CC2)cc1. The molecule has 0 aromatic heterocycles. The predicted molar refractivity (Wildman–Crippen MR) is 116 cm³/mol. The van der Waals surface area contributed by atoms with Gasteiger partial charge in [0.1, 0.15) is 12.2 Å². The molecular weight excluding hydrogens is 366 g/mol. The summed E-state index contributed by atoms with van der Waals surface area (Å²) < 4.78 is 5.19. The number of nitrogens with zero attached hydrogens (tertiary/aromatic N) is 2. The summed E-state index contributed by atoms with van der Waals surface area (Å²) >= 11 is 0. The Morgan fingerprint density at radius 1 is 0.966 bits per heavy atom. The Labute approximate surface area is 172 Å². The van der Waals surface area contributed by atoms with E-state index in [1.165, 1.54) is 5.56 Å². The Bertz CT molecular complexity index is 823. The molecule has 0 bridgehead atoms. The van der Waals surface area contributed by atoms with Crippen LogP contribution >= 0.6 is 0 Å². The number of methoxy groups -OCH3 is 1. The lowest BCUT2D eigenvalue weighted by Gasteiger charge is -2.36. The van der Waals surface area contributed by atoms with Crippen molar-refractivity contribution in [1.29, 1.82) is 0 Å². The molecule has 29 heavy (non-hydrogen) atoms. The molecule has 1 aliphatic rings. The van der Waals surface area contributed by atoms with Gasteiger partial charge in [-0.05, 0) is 47.9 Å². The average molecular weight is 396 g/mol. The van der Waals surface area contributed by atoms with Crippen molar-refractivity contribution >= 4 is 23.2 Å². The lowest BCUT2D eigenvalue weighted by atomic mass is 10.0. The third-order valence-electron chi connectivity index (χ3n) is 5.24. The van der Waals surface area contributed by atoms with Crippen molar-refractivity contribution < 1.29 is 14.3 Å². The van der Waals surface area contributed by atoms with Crippen molar-refractivity contribution in [2.45, 2.75) is 26.2 Å². The van der Waals surface area contributed by atoms with Gasteiger partial charge in [-0.2, -0.15) is 0 Å². The molecule has 1 fully saturated rings. The summed E-state index contributed by atoms with van der Waals surface area (Å²) in [6, 6.07) is 15.7. The molecule has 1 N–H and O–H groups in total. The third-order valence-corrected chi connectivity index (χ3v) is 5.24. The molecule has 0 spiro atoms. The van der Waals surface area contributed by atoms with E-state index in [2.05, 4.69) is 24.1 Å². The van der Waals surface area contributed by atoms with Crippen molar-refractivity contribution in [2.75, 3.05) is 43.5 Å². The number of rotatable bonds is 6. The van der Waals surface area contributed by atoms with Crippen molar-refractivity contribution in [2.24, 2.45) is 0 Å². The summed E-state index contributed by atoms with van der Waals surface area (Å²) in [5.41, 5.74) is 3.05. The second-order valence-corrected chi connectivity index (χ2v) is 7.57. The normalized spacial score (nSPS) is 14.1. The van der Waals surface area contributed by atoms with Crippen LogP contribution in [-0.2, 0) is 9.59 Å². The number of nitrogens with one attached hydrogen (secondary N) is 1. The van der Waals surface area contributed by atoms with Crippen LogP contribution in [0.2, 0.25) is 0 Å². The van der Waals surface area contributed by atoms with Gasteiger partial charge in [0.05, 0.1) is 7.11 Å². The largest absolute Gasteiger partial charge is 0.497 e. The number of benzene rings is 2. The van der Waals surface area contributed by atoms with Gasteiger partial charge >= 0.3 is 0 Å². The second kappa shape index (κ2) is 9.45. The summed E-state index contributed by atoms with van der Waals surface area (Å²) in [5, 5.41) is 2.81. The van der Waals surface area contributed by atoms with Crippen molar-refractivity contribution in [1.82, 2.24) is 4.90 Å². The van der Waals surface area contributed by atoms with E-state index in [9.17, 15) is 9.59 Å². The fraction of sp³-hybridized carbons (Fsp3) is 0.391. The number of carbonyl (C=O) groups excluding carboxylic acids is 2. The van der Waals surface area contributed by atoms with Crippen LogP contribution in [0.3, 0.4) is 0 Å². The van der Waals surface area contributed by atoms with E-state index in [0.29, 0.717) is 19.0 Å². The number of amides is 2. The van der Waals surface area contributed by atoms with Crippen LogP contribution in [0, 0.1) is 0 Å². The maximum atomic E-state index is 12.5. The first-order valence-electron chi connectivity index (χ1n) is 10.0. The first-order valence-corrected chi connectivity index (χ1v) is 10.0. The van der Waals surface area contributed by atoms with Gasteiger partial charge in [-0.3, -0.25) is 9.59 Å². The minimum absolute atomic E-state index is 0.129. The number of hydrogen-bond acceptors (Lipinski definition) is 4. The van der Waals surface area contributed by atoms with Crippen LogP contribution in [0.5, 0.6) is 5.75 Å². The lowest BCUT2D eigenvalue weighted by Crippen LogP contribution is -2.49. The minimum Gasteiger partial charge on any atom is -0.497 e. The number of carbonyl (C=O) groups is 2. The smallest absolute Gasteiger partial charge is 0.233 e. The van der Waals surface area contributed by atoms with E-state index in [0.717, 1.165) is 30.2 Å². The molecule has 1 aliphatic heterocycles. The van der Waals surface area contributed by atoms with Crippen molar-refractivity contribution in [3.8, 4) is 5.75 Å². The fourth-order valence-electron chi connectivity index (χ4n) is 3.41. The van der Waals surface area contributed by atoms with Crippen LogP contribution in [0.4, 0.5) is 11.4 Å². The van der Waals surface area contributed by atoms with E-state index in [1.54, 1.807) is 12.0 Å². The number of anilines is 2. The van der Waals surface area contributed by atoms with Gasteiger partial charge in [-0.15, -0.1) is 0 Å². The summed E-state index contributed by atoms with van der Waals surface area (Å²) in [4.78, 5) is 28.7. The molecule has 0 saturated carbocycles. The van der Waals surface area contributed by atoms with Gasteiger partial charge in [0, 0.05) is 37.6 Å². The zero-order valence-electron chi connectivity index (χ0n) is 17.4. The second-order valence-electron chi connectivity index (χ2n) is 7.57. The maximum absolute atomic E-state index is 12.5. The highest BCUT2D eigenvalue weighted by atomic mass is 16.5. The molecule has 6 nitrogen and oxygen atoms in total. The lowest BCUT2D eigenvalue weighted by molar-refractivity contribution is -0.134. The summed E-state index contributed by atoms with van der Waals surface area (Å²) in [6.07, 6.45) is -0.130. The van der Waals surface area contributed by atoms with Crippen LogP contribution < -0.4 is 15.0 Å². The Kier molecular flexibility index (Phi) is 6.75. The first-order chi connectivity index (χ1) is 14.0. The number of ether oxygens (including phenoxy) is 1. The summed E-state index contributed by atoms with van der Waals surface area (Å²) in [6.45, 7) is 6.97. The van der Waals surface area contributed by atoms with Gasteiger partial charge in [0.2, 0.25) is 11.8 Å². The quantitative estimate of drug-likeness (QED) is 0.761. The number of hydrogen-bond donors (Lipinski definition) is 1. The monoisotopic (exact) mass is 395 g/mol. The minimum atomic E-state index is -0.273. The van der Waals surface area contributed by atoms with E-state index < -0.39 is 0 Å². The molecule has 1 saturated heterocycles. The van der Waals surface area contributed by atoms with Crippen LogP contribution in [0.15, 0.2) is 48.5 Å². The van der Waals surface area contributed by atoms with E-state index in [1.807, 2.05) is 48.5 Å². The van der Waals surface area contributed by atoms with Gasteiger partial charge in [0.25, 0.3) is 0 Å². The molecule has 0 radical (unpaired) electrons.